The van der Waals surface area contributed by atoms with Crippen LogP contribution in [-0.4, -0.2) is 38.7 Å². The first kappa shape index (κ1) is 22.0. The molecule has 1 atom stereocenters. The van der Waals surface area contributed by atoms with Crippen LogP contribution in [0.25, 0.3) is 0 Å². The summed E-state index contributed by atoms with van der Waals surface area (Å²) in [6.07, 6.45) is -3.37. The van der Waals surface area contributed by atoms with Gasteiger partial charge in [0.25, 0.3) is 0 Å². The number of nitrogens with one attached hydrogen (secondary N) is 1. The van der Waals surface area contributed by atoms with Gasteiger partial charge in [-0.2, -0.15) is 13.2 Å². The number of sulfone groups is 1. The molecule has 28 heavy (non-hydrogen) atoms. The zero-order chi connectivity index (χ0) is 21.0. The van der Waals surface area contributed by atoms with Gasteiger partial charge >= 0.3 is 6.18 Å². The molecule has 0 heterocycles. The molecule has 0 aliphatic heterocycles. The number of hydrogen-bond acceptors (Lipinski definition) is 5. The third-order valence-electron chi connectivity index (χ3n) is 4.01. The van der Waals surface area contributed by atoms with E-state index in [9.17, 15) is 26.7 Å². The van der Waals surface area contributed by atoms with Crippen LogP contribution < -0.4 is 10.1 Å². The normalized spacial score (nSPS) is 14.4. The molecule has 0 amide bonds. The standard InChI is InChI=1S/C19H22F3NO4S/c1-18(24,14-5-3-6-15(11-14)19(20,21)22)13-23-16-7-4-8-17(12-16)27-9-10-28(2,25)26/h3-8,11-12,23-24H,9-10,13H2,1-2H3. The fourth-order valence-corrected chi connectivity index (χ4v) is 2.80. The van der Waals surface area contributed by atoms with E-state index in [1.165, 1.54) is 19.1 Å². The lowest BCUT2D eigenvalue weighted by atomic mass is 9.94. The van der Waals surface area contributed by atoms with Crippen LogP contribution in [0.2, 0.25) is 0 Å². The molecule has 0 saturated heterocycles. The number of benzene rings is 2. The van der Waals surface area contributed by atoms with Crippen molar-refractivity contribution in [3.8, 4) is 5.75 Å². The molecule has 0 bridgehead atoms. The van der Waals surface area contributed by atoms with E-state index in [4.69, 9.17) is 4.74 Å². The van der Waals surface area contributed by atoms with Crippen LogP contribution in [-0.2, 0) is 21.6 Å². The molecule has 0 aliphatic carbocycles. The van der Waals surface area contributed by atoms with Gasteiger partial charge in [0.05, 0.1) is 11.3 Å². The van der Waals surface area contributed by atoms with Crippen molar-refractivity contribution in [3.05, 3.63) is 59.7 Å². The summed E-state index contributed by atoms with van der Waals surface area (Å²) in [4.78, 5) is 0. The van der Waals surface area contributed by atoms with Gasteiger partial charge in [-0.25, -0.2) is 8.42 Å². The van der Waals surface area contributed by atoms with Crippen LogP contribution in [0.1, 0.15) is 18.1 Å². The van der Waals surface area contributed by atoms with Gasteiger partial charge in [-0.05, 0) is 36.8 Å². The molecule has 154 valence electrons. The Kier molecular flexibility index (Phi) is 6.61. The van der Waals surface area contributed by atoms with E-state index in [0.29, 0.717) is 11.4 Å². The molecule has 0 spiro atoms. The molecule has 0 aromatic heterocycles. The van der Waals surface area contributed by atoms with Gasteiger partial charge in [0.15, 0.2) is 9.84 Å². The summed E-state index contributed by atoms with van der Waals surface area (Å²) in [5, 5.41) is 13.6. The lowest BCUT2D eigenvalue weighted by Crippen LogP contribution is -2.31. The van der Waals surface area contributed by atoms with Crippen molar-refractivity contribution in [3.63, 3.8) is 0 Å². The first-order valence-corrected chi connectivity index (χ1v) is 10.5. The molecule has 2 aromatic rings. The van der Waals surface area contributed by atoms with Gasteiger partial charge in [-0.3, -0.25) is 0 Å². The second-order valence-corrected chi connectivity index (χ2v) is 8.97. The van der Waals surface area contributed by atoms with Crippen LogP contribution in [0.4, 0.5) is 18.9 Å². The van der Waals surface area contributed by atoms with Gasteiger partial charge in [-0.15, -0.1) is 0 Å². The molecule has 2 rings (SSSR count). The highest BCUT2D eigenvalue weighted by molar-refractivity contribution is 7.90. The lowest BCUT2D eigenvalue weighted by molar-refractivity contribution is -0.137. The third kappa shape index (κ3) is 6.72. The molecule has 2 aromatic carbocycles. The van der Waals surface area contributed by atoms with E-state index in [1.807, 2.05) is 0 Å². The summed E-state index contributed by atoms with van der Waals surface area (Å²) in [5.74, 6) is 0.321. The minimum Gasteiger partial charge on any atom is -0.492 e. The third-order valence-corrected chi connectivity index (χ3v) is 4.91. The Hall–Kier alpha value is -2.26. The first-order valence-electron chi connectivity index (χ1n) is 8.41. The predicted molar refractivity (Wildman–Crippen MR) is 101 cm³/mol. The van der Waals surface area contributed by atoms with E-state index in [2.05, 4.69) is 5.32 Å². The highest BCUT2D eigenvalue weighted by Gasteiger charge is 2.32. The summed E-state index contributed by atoms with van der Waals surface area (Å²) < 4.78 is 66.3. The number of alkyl halides is 3. The van der Waals surface area contributed by atoms with Crippen molar-refractivity contribution in [2.75, 3.05) is 30.5 Å². The molecule has 0 radical (unpaired) electrons. The Bertz CT molecular complexity index is 911. The Morgan fingerprint density at radius 2 is 1.71 bits per heavy atom. The highest BCUT2D eigenvalue weighted by atomic mass is 32.2. The topological polar surface area (TPSA) is 75.6 Å². The van der Waals surface area contributed by atoms with Crippen molar-refractivity contribution in [1.82, 2.24) is 0 Å². The second kappa shape index (κ2) is 8.40. The molecule has 9 heteroatoms. The summed E-state index contributed by atoms with van der Waals surface area (Å²) in [7, 11) is -3.13. The minimum absolute atomic E-state index is 0.00420. The molecule has 0 fully saturated rings. The van der Waals surface area contributed by atoms with Gasteiger partial charge < -0.3 is 15.2 Å². The van der Waals surface area contributed by atoms with E-state index in [-0.39, 0.29) is 24.5 Å². The molecular weight excluding hydrogens is 395 g/mol. The second-order valence-electron chi connectivity index (χ2n) is 6.71. The summed E-state index contributed by atoms with van der Waals surface area (Å²) in [5.41, 5.74) is -1.67. The summed E-state index contributed by atoms with van der Waals surface area (Å²) >= 11 is 0. The SMILES string of the molecule is CC(O)(CNc1cccc(OCCS(C)(=O)=O)c1)c1cccc(C(F)(F)F)c1. The van der Waals surface area contributed by atoms with Crippen molar-refractivity contribution in [2.24, 2.45) is 0 Å². The Balaban J connectivity index is 2.04. The van der Waals surface area contributed by atoms with Crippen LogP contribution >= 0.6 is 0 Å². The highest BCUT2D eigenvalue weighted by Crippen LogP contribution is 2.32. The quantitative estimate of drug-likeness (QED) is 0.688. The molecule has 1 unspecified atom stereocenters. The van der Waals surface area contributed by atoms with Gasteiger partial charge in [-0.1, -0.05) is 18.2 Å². The number of aliphatic hydroxyl groups is 1. The van der Waals surface area contributed by atoms with Gasteiger partial charge in [0.1, 0.15) is 18.0 Å². The average Bonchev–Trinajstić information content (AvgIpc) is 2.59. The fourth-order valence-electron chi connectivity index (χ4n) is 2.41. The number of hydrogen-bond donors (Lipinski definition) is 2. The minimum atomic E-state index is -4.49. The molecule has 2 N–H and O–H groups in total. The largest absolute Gasteiger partial charge is 0.492 e. The number of halogens is 3. The maximum absolute atomic E-state index is 12.9. The first-order chi connectivity index (χ1) is 12.9. The van der Waals surface area contributed by atoms with Crippen LogP contribution in [0.5, 0.6) is 5.75 Å². The van der Waals surface area contributed by atoms with Crippen LogP contribution in [0.15, 0.2) is 48.5 Å². The Morgan fingerprint density at radius 3 is 2.36 bits per heavy atom. The zero-order valence-electron chi connectivity index (χ0n) is 15.5. The van der Waals surface area contributed by atoms with Gasteiger partial charge in [0.2, 0.25) is 0 Å². The van der Waals surface area contributed by atoms with Crippen molar-refractivity contribution in [2.45, 2.75) is 18.7 Å². The van der Waals surface area contributed by atoms with E-state index < -0.39 is 27.2 Å². The fraction of sp³-hybridized carbons (Fsp3) is 0.368. The molecule has 5 nitrogen and oxygen atoms in total. The number of ether oxygens (including phenoxy) is 1. The van der Waals surface area contributed by atoms with E-state index in [1.54, 1.807) is 24.3 Å². The number of rotatable bonds is 8. The monoisotopic (exact) mass is 417 g/mol. The number of anilines is 1. The van der Waals surface area contributed by atoms with E-state index >= 15 is 0 Å². The zero-order valence-corrected chi connectivity index (χ0v) is 16.3. The maximum atomic E-state index is 12.9. The van der Waals surface area contributed by atoms with E-state index in [0.717, 1.165) is 18.4 Å². The van der Waals surface area contributed by atoms with Crippen LogP contribution in [0, 0.1) is 0 Å². The Morgan fingerprint density at radius 1 is 1.07 bits per heavy atom. The smallest absolute Gasteiger partial charge is 0.416 e. The Labute approximate surface area is 162 Å². The van der Waals surface area contributed by atoms with Crippen LogP contribution in [0.3, 0.4) is 0 Å². The molecule has 0 aliphatic rings. The van der Waals surface area contributed by atoms with Crippen molar-refractivity contribution in [1.29, 1.82) is 0 Å². The average molecular weight is 417 g/mol. The van der Waals surface area contributed by atoms with Gasteiger partial charge in [0, 0.05) is 24.6 Å². The summed E-state index contributed by atoms with van der Waals surface area (Å²) in [6, 6.07) is 11.2. The molecular formula is C19H22F3NO4S. The predicted octanol–water partition coefficient (Wildman–Crippen LogP) is 3.45. The lowest BCUT2D eigenvalue weighted by Gasteiger charge is -2.26. The summed E-state index contributed by atoms with van der Waals surface area (Å²) in [6.45, 7) is 1.38. The molecule has 0 saturated carbocycles. The van der Waals surface area contributed by atoms with Crippen molar-refractivity contribution >= 4 is 15.5 Å². The van der Waals surface area contributed by atoms with Crippen molar-refractivity contribution < 1.29 is 31.4 Å². The maximum Gasteiger partial charge on any atom is 0.416 e.